The Labute approximate surface area is 182 Å². The Morgan fingerprint density at radius 1 is 0.935 bits per heavy atom. The van der Waals surface area contributed by atoms with Gasteiger partial charge in [-0.25, -0.2) is 9.78 Å². The number of anilines is 2. The Hall–Kier alpha value is -3.42. The van der Waals surface area contributed by atoms with Crippen LogP contribution in [0.1, 0.15) is 48.0 Å². The van der Waals surface area contributed by atoms with E-state index in [9.17, 15) is 14.4 Å². The van der Waals surface area contributed by atoms with Gasteiger partial charge >= 0.3 is 6.03 Å². The summed E-state index contributed by atoms with van der Waals surface area (Å²) in [5.74, 6) is 0.287. The summed E-state index contributed by atoms with van der Waals surface area (Å²) in [6.07, 6.45) is 6.25. The molecule has 3 N–H and O–H groups in total. The quantitative estimate of drug-likeness (QED) is 0.661. The Bertz CT molecular complexity index is 888. The van der Waals surface area contributed by atoms with Crippen LogP contribution in [-0.2, 0) is 4.79 Å². The van der Waals surface area contributed by atoms with Crippen molar-refractivity contribution >= 4 is 29.4 Å². The Balaban J connectivity index is 1.40. The van der Waals surface area contributed by atoms with Crippen molar-refractivity contribution in [3.8, 4) is 0 Å². The number of hydrogen-bond acceptors (Lipinski definition) is 4. The molecule has 0 spiro atoms. The molecule has 1 aliphatic rings. The molecule has 0 saturated carbocycles. The van der Waals surface area contributed by atoms with Gasteiger partial charge in [-0.1, -0.05) is 18.9 Å². The molecule has 0 atom stereocenters. The molecular formula is C23H29N5O3. The predicted molar refractivity (Wildman–Crippen MR) is 120 cm³/mol. The lowest BCUT2D eigenvalue weighted by atomic mass is 10.1. The lowest BCUT2D eigenvalue weighted by molar-refractivity contribution is -0.116. The molecule has 1 saturated heterocycles. The van der Waals surface area contributed by atoms with Crippen LogP contribution in [0.4, 0.5) is 16.3 Å². The van der Waals surface area contributed by atoms with Crippen LogP contribution in [0, 0.1) is 6.92 Å². The predicted octanol–water partition coefficient (Wildman–Crippen LogP) is 3.56. The molecule has 0 radical (unpaired) electrons. The number of aryl methyl sites for hydroxylation is 1. The molecule has 0 aliphatic carbocycles. The number of carbonyl (C=O) groups excluding carboxylic acids is 3. The molecule has 2 heterocycles. The Kier molecular flexibility index (Phi) is 7.98. The molecule has 1 aromatic heterocycles. The molecule has 0 bridgehead atoms. The van der Waals surface area contributed by atoms with Gasteiger partial charge in [0.2, 0.25) is 5.91 Å². The number of amides is 4. The van der Waals surface area contributed by atoms with Gasteiger partial charge in [-0.3, -0.25) is 9.59 Å². The number of pyridine rings is 1. The van der Waals surface area contributed by atoms with Gasteiger partial charge in [0.05, 0.1) is 0 Å². The van der Waals surface area contributed by atoms with E-state index >= 15 is 0 Å². The third-order valence-corrected chi connectivity index (χ3v) is 5.10. The highest BCUT2D eigenvalue weighted by Crippen LogP contribution is 2.15. The van der Waals surface area contributed by atoms with Crippen LogP contribution in [0.2, 0.25) is 0 Å². The third-order valence-electron chi connectivity index (χ3n) is 5.10. The van der Waals surface area contributed by atoms with Gasteiger partial charge < -0.3 is 20.9 Å². The van der Waals surface area contributed by atoms with Gasteiger partial charge in [0.15, 0.2) is 0 Å². The van der Waals surface area contributed by atoms with Crippen LogP contribution in [0.15, 0.2) is 42.6 Å². The second kappa shape index (κ2) is 11.1. The fourth-order valence-corrected chi connectivity index (χ4v) is 3.36. The van der Waals surface area contributed by atoms with Gasteiger partial charge in [-0.15, -0.1) is 0 Å². The van der Waals surface area contributed by atoms with Crippen molar-refractivity contribution in [1.29, 1.82) is 0 Å². The SMILES string of the molecule is Cc1ccc(NC(=O)CCNC(=O)Nc2ccc(C(=O)N3CCCCCC3)cc2)nc1. The fourth-order valence-electron chi connectivity index (χ4n) is 3.36. The van der Waals surface area contributed by atoms with E-state index < -0.39 is 6.03 Å². The van der Waals surface area contributed by atoms with E-state index in [-0.39, 0.29) is 24.8 Å². The number of nitrogens with one attached hydrogen (secondary N) is 3. The average molecular weight is 424 g/mol. The Morgan fingerprint density at radius 2 is 1.65 bits per heavy atom. The van der Waals surface area contributed by atoms with Crippen LogP contribution < -0.4 is 16.0 Å². The normalized spacial score (nSPS) is 13.8. The lowest BCUT2D eigenvalue weighted by Crippen LogP contribution is -2.32. The number of rotatable bonds is 6. The van der Waals surface area contributed by atoms with Gasteiger partial charge in [0.1, 0.15) is 5.82 Å². The first-order valence-corrected chi connectivity index (χ1v) is 10.7. The maximum Gasteiger partial charge on any atom is 0.319 e. The highest BCUT2D eigenvalue weighted by Gasteiger charge is 2.17. The van der Waals surface area contributed by atoms with E-state index in [2.05, 4.69) is 20.9 Å². The molecule has 2 aromatic rings. The monoisotopic (exact) mass is 423 g/mol. The van der Waals surface area contributed by atoms with Crippen molar-refractivity contribution in [2.24, 2.45) is 0 Å². The lowest BCUT2D eigenvalue weighted by Gasteiger charge is -2.20. The molecule has 1 fully saturated rings. The minimum absolute atomic E-state index is 0.0342. The Morgan fingerprint density at radius 3 is 2.29 bits per heavy atom. The van der Waals surface area contributed by atoms with Crippen LogP contribution in [0.5, 0.6) is 0 Å². The number of hydrogen-bond donors (Lipinski definition) is 3. The number of aromatic nitrogens is 1. The smallest absolute Gasteiger partial charge is 0.319 e. The molecule has 31 heavy (non-hydrogen) atoms. The molecule has 3 rings (SSSR count). The van der Waals surface area contributed by atoms with Gasteiger partial charge in [0, 0.05) is 43.5 Å². The second-order valence-corrected chi connectivity index (χ2v) is 7.68. The highest BCUT2D eigenvalue weighted by atomic mass is 16.2. The van der Waals surface area contributed by atoms with Crippen LogP contribution in [-0.4, -0.2) is 47.4 Å². The molecular weight excluding hydrogens is 394 g/mol. The van der Waals surface area contributed by atoms with Crippen molar-refractivity contribution in [3.05, 3.63) is 53.7 Å². The second-order valence-electron chi connectivity index (χ2n) is 7.68. The molecule has 1 aromatic carbocycles. The number of urea groups is 1. The molecule has 0 unspecified atom stereocenters. The number of carbonyl (C=O) groups is 3. The zero-order valence-corrected chi connectivity index (χ0v) is 17.8. The van der Waals surface area contributed by atoms with Gasteiger partial charge in [-0.05, 0) is 55.7 Å². The number of likely N-dealkylation sites (tertiary alicyclic amines) is 1. The standard InChI is InChI=1S/C23H29N5O3/c1-17-6-11-20(25-16-17)27-21(29)12-13-24-23(31)26-19-9-7-18(8-10-19)22(30)28-14-4-2-3-5-15-28/h6-11,16H,2-5,12-15H2,1H3,(H2,24,26,31)(H,25,27,29). The maximum absolute atomic E-state index is 12.6. The minimum Gasteiger partial charge on any atom is -0.339 e. The summed E-state index contributed by atoms with van der Waals surface area (Å²) in [7, 11) is 0. The topological polar surface area (TPSA) is 103 Å². The van der Waals surface area contributed by atoms with Crippen LogP contribution >= 0.6 is 0 Å². The summed E-state index contributed by atoms with van der Waals surface area (Å²) < 4.78 is 0. The fraction of sp³-hybridized carbons (Fsp3) is 0.391. The first kappa shape index (κ1) is 22.3. The van der Waals surface area contributed by atoms with E-state index in [1.807, 2.05) is 17.9 Å². The summed E-state index contributed by atoms with van der Waals surface area (Å²) in [6, 6.07) is 10.1. The third kappa shape index (κ3) is 7.09. The summed E-state index contributed by atoms with van der Waals surface area (Å²) >= 11 is 0. The van der Waals surface area contributed by atoms with Crippen LogP contribution in [0.3, 0.4) is 0 Å². The molecule has 164 valence electrons. The van der Waals surface area contributed by atoms with Crippen molar-refractivity contribution < 1.29 is 14.4 Å². The highest BCUT2D eigenvalue weighted by molar-refractivity contribution is 5.96. The molecule has 1 aliphatic heterocycles. The van der Waals surface area contributed by atoms with Gasteiger partial charge in [-0.2, -0.15) is 0 Å². The minimum atomic E-state index is -0.409. The summed E-state index contributed by atoms with van der Waals surface area (Å²) in [5.41, 5.74) is 2.21. The molecule has 8 heteroatoms. The largest absolute Gasteiger partial charge is 0.339 e. The average Bonchev–Trinajstić information content (AvgIpc) is 3.05. The van der Waals surface area contributed by atoms with Gasteiger partial charge in [0.25, 0.3) is 5.91 Å². The van der Waals surface area contributed by atoms with Crippen molar-refractivity contribution in [2.75, 3.05) is 30.3 Å². The molecule has 8 nitrogen and oxygen atoms in total. The number of nitrogens with zero attached hydrogens (tertiary/aromatic N) is 2. The van der Waals surface area contributed by atoms with E-state index in [0.29, 0.717) is 17.1 Å². The van der Waals surface area contributed by atoms with E-state index in [0.717, 1.165) is 31.5 Å². The summed E-state index contributed by atoms with van der Waals surface area (Å²) in [4.78, 5) is 42.6. The van der Waals surface area contributed by atoms with E-state index in [1.54, 1.807) is 36.5 Å². The van der Waals surface area contributed by atoms with E-state index in [4.69, 9.17) is 0 Å². The maximum atomic E-state index is 12.6. The zero-order chi connectivity index (χ0) is 22.1. The zero-order valence-electron chi connectivity index (χ0n) is 17.8. The van der Waals surface area contributed by atoms with Crippen molar-refractivity contribution in [2.45, 2.75) is 39.0 Å². The molecule has 4 amide bonds. The summed E-state index contributed by atoms with van der Waals surface area (Å²) in [6.45, 7) is 3.71. The number of benzene rings is 1. The first-order valence-electron chi connectivity index (χ1n) is 10.7. The van der Waals surface area contributed by atoms with E-state index in [1.165, 1.54) is 12.8 Å². The first-order chi connectivity index (χ1) is 15.0. The van der Waals surface area contributed by atoms with Crippen LogP contribution in [0.25, 0.3) is 0 Å². The van der Waals surface area contributed by atoms with Crippen molar-refractivity contribution in [3.63, 3.8) is 0 Å². The summed E-state index contributed by atoms with van der Waals surface area (Å²) in [5, 5.41) is 8.04. The van der Waals surface area contributed by atoms with Crippen molar-refractivity contribution in [1.82, 2.24) is 15.2 Å².